The lowest BCUT2D eigenvalue weighted by atomic mass is 10.2. The third-order valence-corrected chi connectivity index (χ3v) is 4.71. The summed E-state index contributed by atoms with van der Waals surface area (Å²) in [5.41, 5.74) is 2.36. The van der Waals surface area contributed by atoms with Gasteiger partial charge in [-0.3, -0.25) is 9.78 Å². The Kier molecular flexibility index (Phi) is 3.67. The highest BCUT2D eigenvalue weighted by molar-refractivity contribution is 7.13. The summed E-state index contributed by atoms with van der Waals surface area (Å²) in [5.74, 6) is 1.05. The van der Waals surface area contributed by atoms with Crippen molar-refractivity contribution in [1.82, 2.24) is 15.5 Å². The Hall–Kier alpha value is -2.47. The van der Waals surface area contributed by atoms with Crippen LogP contribution in [0.1, 0.15) is 40.6 Å². The Morgan fingerprint density at radius 3 is 3.04 bits per heavy atom. The van der Waals surface area contributed by atoms with Gasteiger partial charge in [-0.25, -0.2) is 0 Å². The molecule has 0 bridgehead atoms. The van der Waals surface area contributed by atoms with Crippen LogP contribution in [0, 0.1) is 0 Å². The maximum absolute atomic E-state index is 12.1. The van der Waals surface area contributed by atoms with Gasteiger partial charge in [-0.1, -0.05) is 11.2 Å². The van der Waals surface area contributed by atoms with E-state index in [-0.39, 0.29) is 5.91 Å². The van der Waals surface area contributed by atoms with Crippen LogP contribution in [0.3, 0.4) is 0 Å². The molecule has 1 fully saturated rings. The zero-order valence-electron chi connectivity index (χ0n) is 12.4. The standard InChI is InChI=1S/C17H15N3O2S/c21-17(14-7-15(22-20-14)12-3-4-12)19-9-11-6-13(10-18-8-11)16-2-1-5-23-16/h1-2,5-8,10,12H,3-4,9H2,(H,19,21). The van der Waals surface area contributed by atoms with E-state index in [2.05, 4.69) is 21.5 Å². The van der Waals surface area contributed by atoms with Crippen molar-refractivity contribution in [3.8, 4) is 10.4 Å². The molecule has 4 rings (SSSR count). The first kappa shape index (κ1) is 14.1. The molecular formula is C17H15N3O2S. The van der Waals surface area contributed by atoms with Gasteiger partial charge in [0, 0.05) is 41.4 Å². The van der Waals surface area contributed by atoms with E-state index in [1.165, 1.54) is 0 Å². The third-order valence-electron chi connectivity index (χ3n) is 3.79. The molecule has 23 heavy (non-hydrogen) atoms. The van der Waals surface area contributed by atoms with E-state index in [9.17, 15) is 4.79 Å². The molecular weight excluding hydrogens is 310 g/mol. The van der Waals surface area contributed by atoms with Gasteiger partial charge in [0.05, 0.1) is 0 Å². The molecule has 5 nitrogen and oxygen atoms in total. The normalized spacial score (nSPS) is 13.9. The van der Waals surface area contributed by atoms with E-state index in [1.807, 2.05) is 23.7 Å². The molecule has 0 unspecified atom stereocenters. The van der Waals surface area contributed by atoms with E-state index in [0.717, 1.165) is 34.6 Å². The van der Waals surface area contributed by atoms with E-state index in [1.54, 1.807) is 23.6 Å². The van der Waals surface area contributed by atoms with Gasteiger partial charge >= 0.3 is 0 Å². The predicted molar refractivity (Wildman–Crippen MR) is 87.2 cm³/mol. The number of aromatic nitrogens is 2. The number of nitrogens with one attached hydrogen (secondary N) is 1. The van der Waals surface area contributed by atoms with Crippen molar-refractivity contribution in [2.24, 2.45) is 0 Å². The third kappa shape index (κ3) is 3.17. The minimum atomic E-state index is -0.220. The fourth-order valence-corrected chi connectivity index (χ4v) is 3.10. The summed E-state index contributed by atoms with van der Waals surface area (Å²) in [6.07, 6.45) is 5.83. The van der Waals surface area contributed by atoms with Crippen LogP contribution in [-0.4, -0.2) is 16.0 Å². The Morgan fingerprint density at radius 2 is 2.26 bits per heavy atom. The Balaban J connectivity index is 1.42. The van der Waals surface area contributed by atoms with Gasteiger partial charge < -0.3 is 9.84 Å². The maximum Gasteiger partial charge on any atom is 0.273 e. The fourth-order valence-electron chi connectivity index (χ4n) is 2.39. The summed E-state index contributed by atoms with van der Waals surface area (Å²) in [5, 5.41) is 8.74. The predicted octanol–water partition coefficient (Wildman–Crippen LogP) is 3.61. The zero-order valence-corrected chi connectivity index (χ0v) is 13.2. The summed E-state index contributed by atoms with van der Waals surface area (Å²) in [6, 6.07) is 7.85. The second-order valence-electron chi connectivity index (χ2n) is 5.63. The number of amides is 1. The summed E-state index contributed by atoms with van der Waals surface area (Å²) >= 11 is 1.67. The minimum Gasteiger partial charge on any atom is -0.360 e. The van der Waals surface area contributed by atoms with Crippen molar-refractivity contribution < 1.29 is 9.32 Å². The van der Waals surface area contributed by atoms with Crippen LogP contribution >= 0.6 is 11.3 Å². The first-order valence-corrected chi connectivity index (χ1v) is 8.40. The molecule has 6 heteroatoms. The zero-order chi connectivity index (χ0) is 15.6. The monoisotopic (exact) mass is 325 g/mol. The van der Waals surface area contributed by atoms with Crippen molar-refractivity contribution in [2.75, 3.05) is 0 Å². The lowest BCUT2D eigenvalue weighted by molar-refractivity contribution is 0.0941. The summed E-state index contributed by atoms with van der Waals surface area (Å²) in [7, 11) is 0. The van der Waals surface area contributed by atoms with Crippen molar-refractivity contribution >= 4 is 17.2 Å². The van der Waals surface area contributed by atoms with Crippen LogP contribution in [0.15, 0.2) is 46.6 Å². The van der Waals surface area contributed by atoms with Crippen molar-refractivity contribution in [1.29, 1.82) is 0 Å². The van der Waals surface area contributed by atoms with Crippen molar-refractivity contribution in [3.05, 3.63) is 59.1 Å². The Labute approximate surface area is 137 Å². The van der Waals surface area contributed by atoms with Gasteiger partial charge in [-0.2, -0.15) is 0 Å². The number of hydrogen-bond acceptors (Lipinski definition) is 5. The largest absolute Gasteiger partial charge is 0.360 e. The molecule has 0 atom stereocenters. The molecule has 0 aromatic carbocycles. The molecule has 1 saturated carbocycles. The maximum atomic E-state index is 12.1. The van der Waals surface area contributed by atoms with Gasteiger partial charge in [0.25, 0.3) is 5.91 Å². The average molecular weight is 325 g/mol. The SMILES string of the molecule is O=C(NCc1cncc(-c2cccs2)c1)c1cc(C2CC2)on1. The van der Waals surface area contributed by atoms with Crippen LogP contribution in [0.4, 0.5) is 0 Å². The van der Waals surface area contributed by atoms with E-state index in [0.29, 0.717) is 18.2 Å². The summed E-state index contributed by atoms with van der Waals surface area (Å²) in [4.78, 5) is 17.5. The number of thiophene rings is 1. The van der Waals surface area contributed by atoms with Crippen LogP contribution in [0.2, 0.25) is 0 Å². The van der Waals surface area contributed by atoms with E-state index < -0.39 is 0 Å². The lowest BCUT2D eigenvalue weighted by Gasteiger charge is -2.04. The minimum absolute atomic E-state index is 0.220. The fraction of sp³-hybridized carbons (Fsp3) is 0.235. The topological polar surface area (TPSA) is 68.0 Å². The number of pyridine rings is 1. The molecule has 0 radical (unpaired) electrons. The van der Waals surface area contributed by atoms with Crippen LogP contribution in [0.25, 0.3) is 10.4 Å². The van der Waals surface area contributed by atoms with Crippen molar-refractivity contribution in [3.63, 3.8) is 0 Å². The van der Waals surface area contributed by atoms with Gasteiger partial charge in [-0.15, -0.1) is 11.3 Å². The highest BCUT2D eigenvalue weighted by Gasteiger charge is 2.28. The Morgan fingerprint density at radius 1 is 1.35 bits per heavy atom. The van der Waals surface area contributed by atoms with Gasteiger partial charge in [0.2, 0.25) is 0 Å². The number of carbonyl (C=O) groups is 1. The van der Waals surface area contributed by atoms with E-state index >= 15 is 0 Å². The molecule has 1 aliphatic carbocycles. The van der Waals surface area contributed by atoms with E-state index in [4.69, 9.17) is 4.52 Å². The smallest absolute Gasteiger partial charge is 0.273 e. The molecule has 3 aromatic heterocycles. The Bertz CT molecular complexity index is 822. The van der Waals surface area contributed by atoms with Gasteiger partial charge in [0.1, 0.15) is 5.76 Å². The number of carbonyl (C=O) groups excluding carboxylic acids is 1. The van der Waals surface area contributed by atoms with Crippen molar-refractivity contribution in [2.45, 2.75) is 25.3 Å². The summed E-state index contributed by atoms with van der Waals surface area (Å²) < 4.78 is 5.21. The number of hydrogen-bond donors (Lipinski definition) is 1. The second kappa shape index (κ2) is 5.96. The van der Waals surface area contributed by atoms with Crippen LogP contribution in [0.5, 0.6) is 0 Å². The van der Waals surface area contributed by atoms with Gasteiger partial charge in [0.15, 0.2) is 5.69 Å². The quantitative estimate of drug-likeness (QED) is 0.778. The van der Waals surface area contributed by atoms with Crippen LogP contribution < -0.4 is 5.32 Å². The molecule has 0 aliphatic heterocycles. The van der Waals surface area contributed by atoms with Gasteiger partial charge in [-0.05, 0) is 35.9 Å². The highest BCUT2D eigenvalue weighted by atomic mass is 32.1. The first-order valence-electron chi connectivity index (χ1n) is 7.52. The molecule has 3 heterocycles. The molecule has 116 valence electrons. The number of rotatable bonds is 5. The highest BCUT2D eigenvalue weighted by Crippen LogP contribution is 2.40. The molecule has 1 N–H and O–H groups in total. The first-order chi connectivity index (χ1) is 11.3. The molecule has 0 saturated heterocycles. The lowest BCUT2D eigenvalue weighted by Crippen LogP contribution is -2.23. The van der Waals surface area contributed by atoms with Crippen LogP contribution in [-0.2, 0) is 6.54 Å². The molecule has 1 amide bonds. The number of nitrogens with zero attached hydrogens (tertiary/aromatic N) is 2. The molecule has 3 aromatic rings. The molecule has 0 spiro atoms. The molecule has 1 aliphatic rings. The summed E-state index contributed by atoms with van der Waals surface area (Å²) in [6.45, 7) is 0.413. The average Bonchev–Trinajstić information content (AvgIpc) is 3.09. The second-order valence-corrected chi connectivity index (χ2v) is 6.58.